The van der Waals surface area contributed by atoms with Gasteiger partial charge in [0.05, 0.1) is 12.7 Å². The van der Waals surface area contributed by atoms with Crippen molar-refractivity contribution in [3.05, 3.63) is 0 Å². The van der Waals surface area contributed by atoms with E-state index in [-0.39, 0.29) is 11.1 Å². The van der Waals surface area contributed by atoms with Gasteiger partial charge in [-0.1, -0.05) is 40.4 Å². The van der Waals surface area contributed by atoms with Crippen molar-refractivity contribution in [2.75, 3.05) is 6.61 Å². The highest BCUT2D eigenvalue weighted by Gasteiger charge is 2.37. The van der Waals surface area contributed by atoms with Crippen LogP contribution in [0.3, 0.4) is 0 Å². The van der Waals surface area contributed by atoms with Gasteiger partial charge in [0.2, 0.25) is 0 Å². The molecule has 0 spiro atoms. The number of aliphatic hydroxyl groups excluding tert-OH is 1. The molecule has 0 aliphatic carbocycles. The van der Waals surface area contributed by atoms with E-state index in [1.165, 1.54) is 0 Å². The Hall–Kier alpha value is -0.0862. The highest BCUT2D eigenvalue weighted by atomic mass is 28.4. The Bertz CT molecular complexity index is 327. The lowest BCUT2D eigenvalue weighted by Gasteiger charge is -2.36. The largest absolute Gasteiger partial charge is 0.414 e. The SMILES string of the molecule is CC(C)(C)[Si](C)(C)OCC(O)CCC#C[Si](C)(C)C. The van der Waals surface area contributed by atoms with Crippen molar-refractivity contribution in [3.63, 3.8) is 0 Å². The van der Waals surface area contributed by atoms with E-state index < -0.39 is 16.4 Å². The monoisotopic (exact) mass is 300 g/mol. The van der Waals surface area contributed by atoms with Crippen molar-refractivity contribution < 1.29 is 9.53 Å². The zero-order valence-corrected chi connectivity index (χ0v) is 16.1. The smallest absolute Gasteiger partial charge is 0.192 e. The molecule has 1 N–H and O–H groups in total. The van der Waals surface area contributed by atoms with Gasteiger partial charge in [-0.3, -0.25) is 0 Å². The van der Waals surface area contributed by atoms with Crippen molar-refractivity contribution in [2.24, 2.45) is 0 Å². The summed E-state index contributed by atoms with van der Waals surface area (Å²) >= 11 is 0. The summed E-state index contributed by atoms with van der Waals surface area (Å²) in [6, 6.07) is 0. The summed E-state index contributed by atoms with van der Waals surface area (Å²) in [6.07, 6.45) is 1.10. The maximum absolute atomic E-state index is 9.95. The van der Waals surface area contributed by atoms with Gasteiger partial charge in [-0.25, -0.2) is 0 Å². The second kappa shape index (κ2) is 7.07. The van der Waals surface area contributed by atoms with Gasteiger partial charge >= 0.3 is 0 Å². The Labute approximate surface area is 122 Å². The molecule has 0 saturated heterocycles. The standard InChI is InChI=1S/C15H32O2Si2/c1-15(2,3)19(7,8)17-13-14(16)11-9-10-12-18(4,5)6/h14,16H,9,11,13H2,1-8H3. The summed E-state index contributed by atoms with van der Waals surface area (Å²) in [7, 11) is -3.00. The summed E-state index contributed by atoms with van der Waals surface area (Å²) in [4.78, 5) is 0. The molecule has 0 heterocycles. The topological polar surface area (TPSA) is 29.5 Å². The fourth-order valence-corrected chi connectivity index (χ4v) is 2.87. The number of aliphatic hydroxyl groups is 1. The first-order valence-electron chi connectivity index (χ1n) is 7.17. The van der Waals surface area contributed by atoms with Crippen LogP contribution in [-0.2, 0) is 4.43 Å². The molecule has 4 heteroatoms. The Morgan fingerprint density at radius 2 is 1.63 bits per heavy atom. The molecule has 112 valence electrons. The first-order chi connectivity index (χ1) is 8.35. The molecule has 0 aromatic carbocycles. The van der Waals surface area contributed by atoms with Crippen LogP contribution in [0, 0.1) is 11.5 Å². The summed E-state index contributed by atoms with van der Waals surface area (Å²) in [6.45, 7) is 18.2. The van der Waals surface area contributed by atoms with Crippen LogP contribution in [0.5, 0.6) is 0 Å². The van der Waals surface area contributed by atoms with Crippen molar-refractivity contribution in [1.29, 1.82) is 0 Å². The number of rotatable bonds is 5. The maximum atomic E-state index is 9.95. The molecule has 2 nitrogen and oxygen atoms in total. The van der Waals surface area contributed by atoms with Crippen molar-refractivity contribution in [2.45, 2.75) is 77.5 Å². The molecule has 1 unspecified atom stereocenters. The minimum atomic E-state index is -1.73. The van der Waals surface area contributed by atoms with Gasteiger partial charge in [-0.05, 0) is 24.6 Å². The van der Waals surface area contributed by atoms with Gasteiger partial charge in [-0.2, -0.15) is 0 Å². The third-order valence-electron chi connectivity index (χ3n) is 3.51. The quantitative estimate of drug-likeness (QED) is 0.613. The summed E-state index contributed by atoms with van der Waals surface area (Å²) in [5.41, 5.74) is 3.32. The van der Waals surface area contributed by atoms with Gasteiger partial charge in [0.1, 0.15) is 8.07 Å². The first kappa shape index (κ1) is 18.9. The normalized spacial score (nSPS) is 14.8. The summed E-state index contributed by atoms with van der Waals surface area (Å²) in [5.74, 6) is 3.19. The lowest BCUT2D eigenvalue weighted by Crippen LogP contribution is -2.42. The van der Waals surface area contributed by atoms with E-state index >= 15 is 0 Å². The second-order valence-corrected chi connectivity index (χ2v) is 17.4. The van der Waals surface area contributed by atoms with Gasteiger partial charge in [0, 0.05) is 6.42 Å². The molecule has 0 rings (SSSR count). The van der Waals surface area contributed by atoms with Gasteiger partial charge in [0.25, 0.3) is 0 Å². The molecule has 0 amide bonds. The van der Waals surface area contributed by atoms with E-state index in [4.69, 9.17) is 4.43 Å². The Morgan fingerprint density at radius 3 is 2.05 bits per heavy atom. The van der Waals surface area contributed by atoms with E-state index in [0.717, 1.165) is 6.42 Å². The molecule has 1 atom stereocenters. The molecule has 0 saturated carbocycles. The molecular weight excluding hydrogens is 268 g/mol. The molecular formula is C15H32O2Si2. The van der Waals surface area contributed by atoms with Crippen LogP contribution in [0.2, 0.25) is 37.8 Å². The van der Waals surface area contributed by atoms with E-state index in [9.17, 15) is 5.11 Å². The molecule has 0 bridgehead atoms. The van der Waals surface area contributed by atoms with Crippen molar-refractivity contribution in [1.82, 2.24) is 0 Å². The van der Waals surface area contributed by atoms with Crippen LogP contribution in [0.25, 0.3) is 0 Å². The number of hydrogen-bond acceptors (Lipinski definition) is 2. The molecule has 0 fully saturated rings. The van der Waals surface area contributed by atoms with Crippen molar-refractivity contribution in [3.8, 4) is 11.5 Å². The van der Waals surface area contributed by atoms with E-state index in [1.807, 2.05) is 0 Å². The van der Waals surface area contributed by atoms with E-state index in [2.05, 4.69) is 65.0 Å². The predicted molar refractivity (Wildman–Crippen MR) is 89.5 cm³/mol. The lowest BCUT2D eigenvalue weighted by atomic mass is 10.2. The first-order valence-corrected chi connectivity index (χ1v) is 13.6. The van der Waals surface area contributed by atoms with Crippen LogP contribution in [0.4, 0.5) is 0 Å². The minimum Gasteiger partial charge on any atom is -0.414 e. The van der Waals surface area contributed by atoms with Gasteiger partial charge in [0.15, 0.2) is 8.32 Å². The van der Waals surface area contributed by atoms with Crippen LogP contribution in [0.15, 0.2) is 0 Å². The Balaban J connectivity index is 4.07. The fourth-order valence-electron chi connectivity index (χ4n) is 1.17. The van der Waals surface area contributed by atoms with E-state index in [0.29, 0.717) is 13.0 Å². The average Bonchev–Trinajstić information content (AvgIpc) is 2.18. The Kier molecular flexibility index (Phi) is 7.04. The zero-order chi connectivity index (χ0) is 15.3. The van der Waals surface area contributed by atoms with Gasteiger partial charge in [-0.15, -0.1) is 11.5 Å². The highest BCUT2D eigenvalue weighted by Crippen LogP contribution is 2.36. The lowest BCUT2D eigenvalue weighted by molar-refractivity contribution is 0.0941. The van der Waals surface area contributed by atoms with Gasteiger partial charge < -0.3 is 9.53 Å². The Morgan fingerprint density at radius 1 is 1.11 bits per heavy atom. The second-order valence-electron chi connectivity index (χ2n) is 7.82. The molecule has 0 aromatic rings. The van der Waals surface area contributed by atoms with Crippen LogP contribution in [-0.4, -0.2) is 34.2 Å². The molecule has 0 aliphatic heterocycles. The third-order valence-corrected chi connectivity index (χ3v) is 8.94. The number of hydrogen-bond donors (Lipinski definition) is 1. The summed E-state index contributed by atoms with van der Waals surface area (Å²) in [5, 5.41) is 10.1. The molecule has 0 radical (unpaired) electrons. The third kappa shape index (κ3) is 8.64. The summed E-state index contributed by atoms with van der Waals surface area (Å²) < 4.78 is 6.00. The van der Waals surface area contributed by atoms with Crippen molar-refractivity contribution >= 4 is 16.4 Å². The predicted octanol–water partition coefficient (Wildman–Crippen LogP) is 4.03. The molecule has 19 heavy (non-hydrogen) atoms. The van der Waals surface area contributed by atoms with Crippen LogP contribution >= 0.6 is 0 Å². The minimum absolute atomic E-state index is 0.199. The maximum Gasteiger partial charge on any atom is 0.192 e. The fraction of sp³-hybridized carbons (Fsp3) is 0.867. The van der Waals surface area contributed by atoms with Crippen LogP contribution < -0.4 is 0 Å². The average molecular weight is 301 g/mol. The van der Waals surface area contributed by atoms with Crippen LogP contribution in [0.1, 0.15) is 33.6 Å². The molecule has 0 aromatic heterocycles. The highest BCUT2D eigenvalue weighted by molar-refractivity contribution is 6.83. The van der Waals surface area contributed by atoms with E-state index in [1.54, 1.807) is 0 Å². The molecule has 0 aliphatic rings. The zero-order valence-electron chi connectivity index (χ0n) is 14.1.